The van der Waals surface area contributed by atoms with E-state index in [9.17, 15) is 9.90 Å². The maximum Gasteiger partial charge on any atom is 0.339 e. The van der Waals surface area contributed by atoms with Gasteiger partial charge in [0.2, 0.25) is 0 Å². The minimum atomic E-state index is -0.842. The fourth-order valence-electron chi connectivity index (χ4n) is 3.62. The molecule has 3 aliphatic heterocycles. The molecule has 0 bridgehead atoms. The molecule has 5 nitrogen and oxygen atoms in total. The maximum atomic E-state index is 11.8. The largest absolute Gasteiger partial charge is 0.478 e. The van der Waals surface area contributed by atoms with Crippen molar-refractivity contribution in [2.24, 2.45) is 0 Å². The lowest BCUT2D eigenvalue weighted by molar-refractivity contribution is -0.132. The van der Waals surface area contributed by atoms with Crippen LogP contribution in [0.2, 0.25) is 0 Å². The van der Waals surface area contributed by atoms with Crippen molar-refractivity contribution in [2.75, 3.05) is 32.7 Å². The number of carboxylic acid groups (broad SMARTS) is 1. The van der Waals surface area contributed by atoms with E-state index in [-0.39, 0.29) is 0 Å². The Labute approximate surface area is 129 Å². The molecular weight excluding hydrogens is 278 g/mol. The van der Waals surface area contributed by atoms with Gasteiger partial charge in [-0.3, -0.25) is 0 Å². The highest BCUT2D eigenvalue weighted by Gasteiger charge is 2.34. The van der Waals surface area contributed by atoms with Crippen molar-refractivity contribution in [3.8, 4) is 0 Å². The van der Waals surface area contributed by atoms with Crippen molar-refractivity contribution in [3.63, 3.8) is 0 Å². The number of nitrogens with one attached hydrogen (secondary N) is 1. The van der Waals surface area contributed by atoms with Crippen LogP contribution in [-0.4, -0.2) is 53.6 Å². The summed E-state index contributed by atoms with van der Waals surface area (Å²) in [5.41, 5.74) is 4.86. The average Bonchev–Trinajstić information content (AvgIpc) is 2.56. The van der Waals surface area contributed by atoms with Crippen LogP contribution >= 0.6 is 0 Å². The van der Waals surface area contributed by atoms with Crippen molar-refractivity contribution in [2.45, 2.75) is 6.42 Å². The number of carbonyl (C=O) groups is 1. The normalized spacial score (nSPS) is 23.7. The van der Waals surface area contributed by atoms with Crippen molar-refractivity contribution in [1.82, 2.24) is 15.1 Å². The number of carboxylic acids is 1. The first-order chi connectivity index (χ1) is 10.8. The molecule has 0 atom stereocenters. The van der Waals surface area contributed by atoms with E-state index in [0.717, 1.165) is 50.4 Å². The summed E-state index contributed by atoms with van der Waals surface area (Å²) in [7, 11) is 0. The number of nitrogens with zero attached hydrogens (tertiary/aromatic N) is 2. The van der Waals surface area contributed by atoms with Gasteiger partial charge in [-0.25, -0.2) is 4.79 Å². The van der Waals surface area contributed by atoms with Crippen molar-refractivity contribution in [3.05, 3.63) is 58.6 Å². The topological polar surface area (TPSA) is 55.8 Å². The Hall–Kier alpha value is -2.27. The van der Waals surface area contributed by atoms with Gasteiger partial charge in [0.1, 0.15) is 0 Å². The molecule has 1 saturated heterocycles. The van der Waals surface area contributed by atoms with Gasteiger partial charge in [0.05, 0.1) is 17.0 Å². The van der Waals surface area contributed by atoms with Gasteiger partial charge >= 0.3 is 5.97 Å². The quantitative estimate of drug-likeness (QED) is 0.802. The average molecular weight is 297 g/mol. The second-order valence-corrected chi connectivity index (χ2v) is 5.88. The number of hydrogen-bond acceptors (Lipinski definition) is 4. The lowest BCUT2D eigenvalue weighted by Gasteiger charge is -2.41. The third kappa shape index (κ3) is 2.01. The number of hydrogen-bond donors (Lipinski definition) is 2. The maximum absolute atomic E-state index is 11.8. The molecule has 0 spiro atoms. The van der Waals surface area contributed by atoms with Crippen LogP contribution in [0.25, 0.3) is 0 Å². The van der Waals surface area contributed by atoms with Crippen LogP contribution in [0.1, 0.15) is 6.42 Å². The Balaban J connectivity index is 1.88. The summed E-state index contributed by atoms with van der Waals surface area (Å²) in [6.45, 7) is 4.24. The van der Waals surface area contributed by atoms with Crippen LogP contribution in [0.5, 0.6) is 0 Å². The number of allylic oxidation sites excluding steroid dienone is 5. The van der Waals surface area contributed by atoms with E-state index in [1.807, 2.05) is 0 Å². The molecule has 1 fully saturated rings. The van der Waals surface area contributed by atoms with Gasteiger partial charge in [-0.05, 0) is 12.0 Å². The van der Waals surface area contributed by atoms with E-state index in [4.69, 9.17) is 0 Å². The van der Waals surface area contributed by atoms with E-state index in [0.29, 0.717) is 5.57 Å². The summed E-state index contributed by atoms with van der Waals surface area (Å²) in [5.74, 6) is -0.842. The summed E-state index contributed by atoms with van der Waals surface area (Å²) in [6, 6.07) is 0. The summed E-state index contributed by atoms with van der Waals surface area (Å²) in [4.78, 5) is 16.1. The summed E-state index contributed by atoms with van der Waals surface area (Å²) < 4.78 is 0. The second-order valence-electron chi connectivity index (χ2n) is 5.88. The Kier molecular flexibility index (Phi) is 3.15. The summed E-state index contributed by atoms with van der Waals surface area (Å²) in [6.07, 6.45) is 11.1. The molecule has 0 saturated carbocycles. The first kappa shape index (κ1) is 13.4. The van der Waals surface area contributed by atoms with Crippen LogP contribution in [0.3, 0.4) is 0 Å². The van der Waals surface area contributed by atoms with Gasteiger partial charge in [0.15, 0.2) is 0 Å². The Morgan fingerprint density at radius 1 is 1.14 bits per heavy atom. The highest BCUT2D eigenvalue weighted by atomic mass is 16.4. The molecule has 0 aromatic carbocycles. The van der Waals surface area contributed by atoms with Crippen LogP contribution in [-0.2, 0) is 4.79 Å². The van der Waals surface area contributed by atoms with Crippen LogP contribution < -0.4 is 5.32 Å². The minimum absolute atomic E-state index is 0.422. The molecule has 0 unspecified atom stereocenters. The molecule has 4 aliphatic rings. The Morgan fingerprint density at radius 2 is 1.91 bits per heavy atom. The molecule has 0 amide bonds. The number of piperazine rings is 1. The zero-order valence-corrected chi connectivity index (χ0v) is 12.4. The third-order valence-electron chi connectivity index (χ3n) is 4.55. The predicted molar refractivity (Wildman–Crippen MR) is 83.8 cm³/mol. The summed E-state index contributed by atoms with van der Waals surface area (Å²) >= 11 is 0. The molecule has 4 rings (SSSR count). The molecule has 0 aromatic heterocycles. The smallest absolute Gasteiger partial charge is 0.339 e. The molecule has 22 heavy (non-hydrogen) atoms. The van der Waals surface area contributed by atoms with Crippen molar-refractivity contribution < 1.29 is 9.90 Å². The van der Waals surface area contributed by atoms with Crippen LogP contribution in [0, 0.1) is 0 Å². The van der Waals surface area contributed by atoms with Crippen molar-refractivity contribution >= 4 is 5.97 Å². The molecule has 0 aromatic rings. The number of rotatable bonds is 2. The van der Waals surface area contributed by atoms with E-state index >= 15 is 0 Å². The van der Waals surface area contributed by atoms with E-state index in [1.165, 1.54) is 11.3 Å². The minimum Gasteiger partial charge on any atom is -0.478 e. The Morgan fingerprint density at radius 3 is 2.68 bits per heavy atom. The van der Waals surface area contributed by atoms with E-state index in [1.54, 1.807) is 6.20 Å². The van der Waals surface area contributed by atoms with Crippen molar-refractivity contribution in [1.29, 1.82) is 0 Å². The molecule has 0 radical (unpaired) electrons. The van der Waals surface area contributed by atoms with Gasteiger partial charge in [0, 0.05) is 44.5 Å². The first-order valence-corrected chi connectivity index (χ1v) is 7.74. The van der Waals surface area contributed by atoms with Gasteiger partial charge < -0.3 is 20.2 Å². The SMILES string of the molecule is O=C(O)C1=CN2CC=CC3=C2C(=C1N1CCNCC1)CC=C3. The highest BCUT2D eigenvalue weighted by Crippen LogP contribution is 2.40. The van der Waals surface area contributed by atoms with Crippen LogP contribution in [0.15, 0.2) is 58.6 Å². The Bertz CT molecular complexity index is 672. The van der Waals surface area contributed by atoms with Gasteiger partial charge in [0.25, 0.3) is 0 Å². The van der Waals surface area contributed by atoms with E-state index < -0.39 is 5.97 Å². The fourth-order valence-corrected chi connectivity index (χ4v) is 3.62. The standard InChI is InChI=1S/C17H19N3O2/c21-17(22)14-11-20-8-2-4-12-3-1-5-13(15(12)20)16(14)19-9-6-18-7-10-19/h1-4,11,18H,5-10H2,(H,21,22). The van der Waals surface area contributed by atoms with E-state index in [2.05, 4.69) is 39.4 Å². The molecule has 3 heterocycles. The molecular formula is C17H19N3O2. The molecule has 5 heteroatoms. The summed E-state index contributed by atoms with van der Waals surface area (Å²) in [5, 5.41) is 13.0. The van der Waals surface area contributed by atoms with Gasteiger partial charge in [-0.2, -0.15) is 0 Å². The highest BCUT2D eigenvalue weighted by molar-refractivity contribution is 5.93. The van der Waals surface area contributed by atoms with Crippen LogP contribution in [0.4, 0.5) is 0 Å². The lowest BCUT2D eigenvalue weighted by atomic mass is 9.88. The first-order valence-electron chi connectivity index (χ1n) is 7.74. The third-order valence-corrected chi connectivity index (χ3v) is 4.55. The fraction of sp³-hybridized carbons (Fsp3) is 0.353. The zero-order chi connectivity index (χ0) is 15.1. The number of aliphatic carboxylic acids is 1. The predicted octanol–water partition coefficient (Wildman–Crippen LogP) is 1.21. The zero-order valence-electron chi connectivity index (χ0n) is 12.4. The molecule has 114 valence electrons. The molecule has 2 N–H and O–H groups in total. The van der Waals surface area contributed by atoms with Gasteiger partial charge in [-0.1, -0.05) is 24.3 Å². The second kappa shape index (κ2) is 5.18. The van der Waals surface area contributed by atoms with Gasteiger partial charge in [-0.15, -0.1) is 0 Å². The monoisotopic (exact) mass is 297 g/mol. The lowest BCUT2D eigenvalue weighted by Crippen LogP contribution is -2.45. The molecule has 1 aliphatic carbocycles.